The lowest BCUT2D eigenvalue weighted by Gasteiger charge is -2.34. The van der Waals surface area contributed by atoms with Crippen LogP contribution in [0.5, 0.6) is 5.75 Å². The topological polar surface area (TPSA) is 74.3 Å². The van der Waals surface area contributed by atoms with Gasteiger partial charge >= 0.3 is 0 Å². The Balaban J connectivity index is 1.42. The Morgan fingerprint density at radius 1 is 1.11 bits per heavy atom. The normalized spacial score (nSPS) is 15.3. The van der Waals surface area contributed by atoms with E-state index in [0.717, 1.165) is 58.7 Å². The second kappa shape index (κ2) is 13.9. The Labute approximate surface area is 224 Å². The number of hydrogen-bond donors (Lipinski definition) is 1. The molecule has 204 valence electrons. The maximum absolute atomic E-state index is 13.0. The number of carbonyl (C=O) groups excluding carboxylic acids is 1. The average molecular weight is 531 g/mol. The van der Waals surface area contributed by atoms with Crippen LogP contribution in [0.3, 0.4) is 0 Å². The maximum Gasteiger partial charge on any atom is 0.250 e. The lowest BCUT2D eigenvalue weighted by atomic mass is 9.96. The van der Waals surface area contributed by atoms with Crippen molar-refractivity contribution < 1.29 is 18.5 Å². The third-order valence-corrected chi connectivity index (χ3v) is 8.39. The number of methoxy groups -OCH3 is 1. The van der Waals surface area contributed by atoms with Gasteiger partial charge in [0.15, 0.2) is 0 Å². The first kappa shape index (κ1) is 29.1. The van der Waals surface area contributed by atoms with Crippen LogP contribution in [-0.2, 0) is 20.5 Å². The number of aryl methyl sites for hydroxylation is 2. The molecule has 0 radical (unpaired) electrons. The third kappa shape index (κ3) is 8.53. The number of anilines is 2. The highest BCUT2D eigenvalue weighted by Gasteiger charge is 2.20. The summed E-state index contributed by atoms with van der Waals surface area (Å²) in [6.07, 6.45) is 2.36. The summed E-state index contributed by atoms with van der Waals surface area (Å²) in [5.41, 5.74) is 3.74. The number of piperidine rings is 1. The molecule has 0 aliphatic carbocycles. The van der Waals surface area contributed by atoms with Crippen LogP contribution < -0.4 is 15.0 Å². The smallest absolute Gasteiger partial charge is 0.250 e. The number of benzene rings is 2. The first-order valence-corrected chi connectivity index (χ1v) is 13.9. The Hall–Kier alpha value is -2.46. The van der Waals surface area contributed by atoms with E-state index in [2.05, 4.69) is 35.3 Å². The Kier molecular flexibility index (Phi) is 10.9. The van der Waals surface area contributed by atoms with E-state index >= 15 is 0 Å². The van der Waals surface area contributed by atoms with Gasteiger partial charge in [0.2, 0.25) is 5.91 Å². The summed E-state index contributed by atoms with van der Waals surface area (Å²) in [6, 6.07) is 11.8. The fourth-order valence-corrected chi connectivity index (χ4v) is 5.99. The van der Waals surface area contributed by atoms with Gasteiger partial charge in [-0.3, -0.25) is 4.79 Å². The minimum absolute atomic E-state index is 0.0543. The zero-order valence-electron chi connectivity index (χ0n) is 23.1. The molecular formula is C28H42N4O4S. The summed E-state index contributed by atoms with van der Waals surface area (Å²) in [5.74, 6) is 1.29. The van der Waals surface area contributed by atoms with Crippen LogP contribution in [0.15, 0.2) is 41.3 Å². The van der Waals surface area contributed by atoms with Gasteiger partial charge in [-0.1, -0.05) is 6.07 Å². The van der Waals surface area contributed by atoms with Crippen LogP contribution in [-0.4, -0.2) is 87.0 Å². The van der Waals surface area contributed by atoms with Crippen LogP contribution in [0.25, 0.3) is 0 Å². The van der Waals surface area contributed by atoms with Gasteiger partial charge in [-0.2, -0.15) is 0 Å². The Morgan fingerprint density at radius 3 is 2.41 bits per heavy atom. The van der Waals surface area contributed by atoms with Crippen molar-refractivity contribution in [2.75, 3.05) is 77.9 Å². The highest BCUT2D eigenvalue weighted by Crippen LogP contribution is 2.27. The lowest BCUT2D eigenvalue weighted by Crippen LogP contribution is -2.37. The van der Waals surface area contributed by atoms with Gasteiger partial charge in [-0.15, -0.1) is 0 Å². The molecule has 37 heavy (non-hydrogen) atoms. The Morgan fingerprint density at radius 2 is 1.78 bits per heavy atom. The summed E-state index contributed by atoms with van der Waals surface area (Å²) < 4.78 is 25.6. The molecule has 0 aromatic heterocycles. The average Bonchev–Trinajstić information content (AvgIpc) is 2.86. The van der Waals surface area contributed by atoms with Gasteiger partial charge in [0.1, 0.15) is 23.3 Å². The molecule has 9 heteroatoms. The van der Waals surface area contributed by atoms with Gasteiger partial charge in [0.25, 0.3) is 0 Å². The molecule has 1 aliphatic rings. The zero-order chi connectivity index (χ0) is 26.9. The lowest BCUT2D eigenvalue weighted by molar-refractivity contribution is -0.120. The fourth-order valence-electron chi connectivity index (χ4n) is 4.77. The predicted molar refractivity (Wildman–Crippen MR) is 151 cm³/mol. The van der Waals surface area contributed by atoms with Crippen molar-refractivity contribution in [3.63, 3.8) is 0 Å². The molecule has 3 rings (SSSR count). The molecular weight excluding hydrogens is 488 g/mol. The van der Waals surface area contributed by atoms with Crippen LogP contribution >= 0.6 is 0 Å². The molecule has 1 amide bonds. The summed E-state index contributed by atoms with van der Waals surface area (Å²) >= 11 is 0. The largest absolute Gasteiger partial charge is 0.497 e. The van der Waals surface area contributed by atoms with Crippen molar-refractivity contribution in [2.24, 2.45) is 5.92 Å². The number of carbonyl (C=O) groups is 1. The molecule has 1 N–H and O–H groups in total. The zero-order valence-corrected chi connectivity index (χ0v) is 23.9. The first-order valence-electron chi connectivity index (χ1n) is 12.8. The van der Waals surface area contributed by atoms with Gasteiger partial charge in [-0.25, -0.2) is 8.51 Å². The van der Waals surface area contributed by atoms with Crippen molar-refractivity contribution in [1.82, 2.24) is 9.21 Å². The number of ether oxygens (including phenoxy) is 2. The van der Waals surface area contributed by atoms with Crippen molar-refractivity contribution in [2.45, 2.75) is 31.6 Å². The summed E-state index contributed by atoms with van der Waals surface area (Å²) in [7, 11) is 6.34. The summed E-state index contributed by atoms with van der Waals surface area (Å²) in [4.78, 5) is 17.9. The van der Waals surface area contributed by atoms with Crippen molar-refractivity contribution in [3.05, 3.63) is 47.5 Å². The molecule has 0 bridgehead atoms. The van der Waals surface area contributed by atoms with E-state index < -0.39 is 11.0 Å². The number of nitrogens with zero attached hydrogens (tertiary/aromatic N) is 3. The van der Waals surface area contributed by atoms with Crippen molar-refractivity contribution >= 4 is 28.3 Å². The molecule has 1 fully saturated rings. The molecule has 2 aromatic rings. The molecule has 2 aromatic carbocycles. The molecule has 1 unspecified atom stereocenters. The van der Waals surface area contributed by atoms with Crippen LogP contribution in [0.4, 0.5) is 11.4 Å². The molecule has 0 spiro atoms. The predicted octanol–water partition coefficient (Wildman–Crippen LogP) is 3.70. The van der Waals surface area contributed by atoms with E-state index in [-0.39, 0.29) is 12.5 Å². The monoisotopic (exact) mass is 530 g/mol. The Bertz CT molecular complexity index is 1050. The maximum atomic E-state index is 13.0. The van der Waals surface area contributed by atoms with E-state index in [1.165, 1.54) is 12.8 Å². The van der Waals surface area contributed by atoms with Gasteiger partial charge in [0, 0.05) is 44.6 Å². The second-order valence-corrected chi connectivity index (χ2v) is 11.6. The van der Waals surface area contributed by atoms with E-state index in [1.54, 1.807) is 18.5 Å². The molecule has 0 saturated carbocycles. The number of amides is 1. The third-order valence-electron chi connectivity index (χ3n) is 6.64. The fraction of sp³-hybridized carbons (Fsp3) is 0.536. The number of rotatable bonds is 12. The van der Waals surface area contributed by atoms with E-state index in [0.29, 0.717) is 13.2 Å². The second-order valence-electron chi connectivity index (χ2n) is 10.0. The summed E-state index contributed by atoms with van der Waals surface area (Å²) in [6.45, 7) is 7.74. The quantitative estimate of drug-likeness (QED) is 0.422. The van der Waals surface area contributed by atoms with E-state index in [4.69, 9.17) is 9.47 Å². The van der Waals surface area contributed by atoms with Crippen LogP contribution in [0.2, 0.25) is 0 Å². The van der Waals surface area contributed by atoms with Crippen molar-refractivity contribution in [3.8, 4) is 5.75 Å². The number of nitrogens with one attached hydrogen (secondary N) is 1. The molecule has 1 atom stereocenters. The van der Waals surface area contributed by atoms with E-state index in [1.807, 2.05) is 44.2 Å². The molecule has 1 aliphatic heterocycles. The minimum Gasteiger partial charge on any atom is -0.497 e. The number of hydrogen-bond acceptors (Lipinski definition) is 6. The summed E-state index contributed by atoms with van der Waals surface area (Å²) in [5, 5.41) is 2.94. The van der Waals surface area contributed by atoms with Crippen molar-refractivity contribution in [1.29, 1.82) is 0 Å². The standard InChI is InChI=1S/C28H42N4O4S/c1-21-16-26(35-6)17-22(2)28(21)37(34)31(5)14-15-36-20-27(33)29-24-8-7-9-25(18-24)32-12-10-23(11-13-32)19-30(3)4/h7-9,16-18,23H,10-15,19-20H2,1-6H3,(H,29,33). The van der Waals surface area contributed by atoms with Gasteiger partial charge in [0.05, 0.1) is 18.6 Å². The number of likely N-dealkylation sites (N-methyl/N-ethyl adjacent to an activating group) is 1. The van der Waals surface area contributed by atoms with E-state index in [9.17, 15) is 9.00 Å². The highest BCUT2D eigenvalue weighted by molar-refractivity contribution is 7.82. The molecule has 8 nitrogen and oxygen atoms in total. The van der Waals surface area contributed by atoms with Crippen LogP contribution in [0, 0.1) is 19.8 Å². The SMILES string of the molecule is COc1cc(C)c(S(=O)N(C)CCOCC(=O)Nc2cccc(N3CCC(CN(C)C)CC3)c2)c(C)c1. The molecule has 1 saturated heterocycles. The molecule has 1 heterocycles. The minimum atomic E-state index is -1.33. The van der Waals surface area contributed by atoms with Crippen LogP contribution in [0.1, 0.15) is 24.0 Å². The highest BCUT2D eigenvalue weighted by atomic mass is 32.2. The van der Waals surface area contributed by atoms with Gasteiger partial charge < -0.3 is 24.6 Å². The first-order chi connectivity index (χ1) is 17.7. The van der Waals surface area contributed by atoms with Gasteiger partial charge in [-0.05, 0) is 88.2 Å².